The van der Waals surface area contributed by atoms with Crippen molar-refractivity contribution in [3.8, 4) is 23.7 Å². The van der Waals surface area contributed by atoms with Gasteiger partial charge in [-0.15, -0.1) is 0 Å². The van der Waals surface area contributed by atoms with Crippen LogP contribution >= 0.6 is 0 Å². The van der Waals surface area contributed by atoms with Crippen LogP contribution in [0.5, 0.6) is 5.75 Å². The minimum absolute atomic E-state index is 0.310. The van der Waals surface area contributed by atoms with Crippen LogP contribution in [0.15, 0.2) is 12.3 Å². The van der Waals surface area contributed by atoms with Gasteiger partial charge in [-0.3, -0.25) is 0 Å². The summed E-state index contributed by atoms with van der Waals surface area (Å²) < 4.78 is 4.93. The van der Waals surface area contributed by atoms with Gasteiger partial charge in [0.05, 0.1) is 7.11 Å². The molecule has 4 heteroatoms. The van der Waals surface area contributed by atoms with Crippen LogP contribution in [0, 0.1) is 23.2 Å². The summed E-state index contributed by atoms with van der Waals surface area (Å²) in [5.41, 5.74) is 6.08. The lowest BCUT2D eigenvalue weighted by molar-refractivity contribution is 0.415. The van der Waals surface area contributed by atoms with Crippen molar-refractivity contribution in [2.45, 2.75) is 0 Å². The van der Waals surface area contributed by atoms with Crippen LogP contribution in [0.25, 0.3) is 0 Å². The molecule has 0 spiro atoms. The molecule has 0 unspecified atom stereocenters. The van der Waals surface area contributed by atoms with Crippen molar-refractivity contribution >= 4 is 5.82 Å². The van der Waals surface area contributed by atoms with E-state index in [4.69, 9.17) is 15.7 Å². The number of rotatable bonds is 1. The molecule has 13 heavy (non-hydrogen) atoms. The van der Waals surface area contributed by atoms with Crippen molar-refractivity contribution < 1.29 is 4.74 Å². The second kappa shape index (κ2) is 3.99. The molecule has 0 saturated carbocycles. The lowest BCUT2D eigenvalue weighted by atomic mass is 10.2. The Hall–Kier alpha value is -2.20. The Morgan fingerprint density at radius 3 is 3.00 bits per heavy atom. The van der Waals surface area contributed by atoms with Crippen LogP contribution in [0.1, 0.15) is 5.56 Å². The number of methoxy groups -OCH3 is 1. The fraction of sp³-hybridized carbons (Fsp3) is 0.111. The van der Waals surface area contributed by atoms with E-state index >= 15 is 0 Å². The van der Waals surface area contributed by atoms with Crippen molar-refractivity contribution in [2.24, 2.45) is 0 Å². The zero-order valence-corrected chi connectivity index (χ0v) is 7.03. The second-order valence-corrected chi connectivity index (χ2v) is 2.17. The molecule has 0 fully saturated rings. The van der Waals surface area contributed by atoms with E-state index in [1.807, 2.05) is 0 Å². The van der Waals surface area contributed by atoms with E-state index in [1.54, 1.807) is 12.1 Å². The monoisotopic (exact) mass is 173 g/mol. The summed E-state index contributed by atoms with van der Waals surface area (Å²) in [6, 6.07) is 3.34. The molecule has 1 aromatic rings. The van der Waals surface area contributed by atoms with E-state index in [2.05, 4.69) is 16.8 Å². The zero-order valence-electron chi connectivity index (χ0n) is 7.03. The number of hydrogen-bond acceptors (Lipinski definition) is 4. The number of anilines is 1. The molecule has 0 bridgehead atoms. The minimum Gasteiger partial charge on any atom is -0.493 e. The van der Waals surface area contributed by atoms with Crippen molar-refractivity contribution in [3.05, 3.63) is 17.8 Å². The summed E-state index contributed by atoms with van der Waals surface area (Å²) in [6.45, 7) is 0. The van der Waals surface area contributed by atoms with Gasteiger partial charge in [0, 0.05) is 23.7 Å². The van der Waals surface area contributed by atoms with E-state index in [0.29, 0.717) is 17.1 Å². The first-order valence-electron chi connectivity index (χ1n) is 3.47. The van der Waals surface area contributed by atoms with Crippen LogP contribution in [-0.4, -0.2) is 12.1 Å². The summed E-state index contributed by atoms with van der Waals surface area (Å²) in [5, 5.41) is 8.21. The maximum Gasteiger partial charge on any atom is 0.166 e. The molecular formula is C9H7N3O. The van der Waals surface area contributed by atoms with Crippen LogP contribution in [0.4, 0.5) is 5.82 Å². The topological polar surface area (TPSA) is 71.9 Å². The van der Waals surface area contributed by atoms with E-state index in [0.717, 1.165) is 0 Å². The number of aromatic nitrogens is 1. The molecule has 0 aliphatic carbocycles. The highest BCUT2D eigenvalue weighted by Gasteiger charge is 1.99. The molecule has 1 heterocycles. The molecule has 0 saturated heterocycles. The predicted octanol–water partition coefficient (Wildman–Crippen LogP) is 0.547. The summed E-state index contributed by atoms with van der Waals surface area (Å²) in [4.78, 5) is 3.84. The molecular weight excluding hydrogens is 166 g/mol. The van der Waals surface area contributed by atoms with E-state index in [1.165, 1.54) is 13.3 Å². The third kappa shape index (κ3) is 2.11. The maximum atomic E-state index is 8.21. The molecule has 64 valence electrons. The first kappa shape index (κ1) is 8.89. The Morgan fingerprint density at radius 2 is 2.38 bits per heavy atom. The van der Waals surface area contributed by atoms with E-state index in [9.17, 15) is 0 Å². The standard InChI is InChI=1S/C9H7N3O/c1-13-8-5-7(3-2-4-10)6-12-9(8)11/h5-6H,1H3,(H2,11,12). The van der Waals surface area contributed by atoms with Crippen LogP contribution < -0.4 is 10.5 Å². The van der Waals surface area contributed by atoms with E-state index in [-0.39, 0.29) is 0 Å². The summed E-state index contributed by atoms with van der Waals surface area (Å²) in [6.07, 6.45) is 1.49. The molecule has 4 nitrogen and oxygen atoms in total. The molecule has 0 atom stereocenters. The van der Waals surface area contributed by atoms with Crippen LogP contribution in [0.3, 0.4) is 0 Å². The molecule has 0 radical (unpaired) electrons. The van der Waals surface area contributed by atoms with Gasteiger partial charge in [0.1, 0.15) is 0 Å². The molecule has 2 N–H and O–H groups in total. The Kier molecular flexibility index (Phi) is 2.73. The van der Waals surface area contributed by atoms with Gasteiger partial charge >= 0.3 is 0 Å². The quantitative estimate of drug-likeness (QED) is 0.629. The van der Waals surface area contributed by atoms with Gasteiger partial charge in [-0.1, -0.05) is 0 Å². The second-order valence-electron chi connectivity index (χ2n) is 2.17. The highest BCUT2D eigenvalue weighted by Crippen LogP contribution is 2.18. The first-order chi connectivity index (χ1) is 6.27. The number of ether oxygens (including phenoxy) is 1. The normalized spacial score (nSPS) is 8.00. The highest BCUT2D eigenvalue weighted by molar-refractivity contribution is 5.51. The SMILES string of the molecule is COc1cc(C#CC#N)cnc1N. The number of hydrogen-bond donors (Lipinski definition) is 1. The van der Waals surface area contributed by atoms with Gasteiger partial charge in [0.25, 0.3) is 0 Å². The lowest BCUT2D eigenvalue weighted by Gasteiger charge is -2.01. The average molecular weight is 173 g/mol. The summed E-state index contributed by atoms with van der Waals surface area (Å²) in [7, 11) is 1.49. The van der Waals surface area contributed by atoms with Crippen molar-refractivity contribution in [1.29, 1.82) is 5.26 Å². The van der Waals surface area contributed by atoms with Crippen LogP contribution in [0.2, 0.25) is 0 Å². The van der Waals surface area contributed by atoms with Gasteiger partial charge in [0.15, 0.2) is 17.6 Å². The average Bonchev–Trinajstić information content (AvgIpc) is 2.16. The molecule has 0 amide bonds. The number of nitriles is 1. The van der Waals surface area contributed by atoms with Gasteiger partial charge in [-0.2, -0.15) is 5.26 Å². The summed E-state index contributed by atoms with van der Waals surface area (Å²) in [5.74, 6) is 5.61. The predicted molar refractivity (Wildman–Crippen MR) is 47.7 cm³/mol. The smallest absolute Gasteiger partial charge is 0.166 e. The largest absolute Gasteiger partial charge is 0.493 e. The fourth-order valence-corrected chi connectivity index (χ4v) is 0.787. The molecule has 0 aromatic carbocycles. The molecule has 1 rings (SSSR count). The van der Waals surface area contributed by atoms with Gasteiger partial charge < -0.3 is 10.5 Å². The van der Waals surface area contributed by atoms with Gasteiger partial charge in [-0.05, 0) is 5.92 Å². The Bertz CT molecular complexity index is 409. The fourth-order valence-electron chi connectivity index (χ4n) is 0.787. The molecule has 0 aliphatic heterocycles. The Balaban J connectivity index is 3.08. The Labute approximate surface area is 76.0 Å². The number of nitrogen functional groups attached to an aromatic ring is 1. The first-order valence-corrected chi connectivity index (χ1v) is 3.47. The maximum absolute atomic E-state index is 8.21. The number of nitrogens with zero attached hydrogens (tertiary/aromatic N) is 2. The number of pyridine rings is 1. The summed E-state index contributed by atoms with van der Waals surface area (Å²) >= 11 is 0. The van der Waals surface area contributed by atoms with Crippen molar-refractivity contribution in [3.63, 3.8) is 0 Å². The molecule has 0 aliphatic rings. The number of nitrogens with two attached hydrogens (primary N) is 1. The van der Waals surface area contributed by atoms with Crippen molar-refractivity contribution in [2.75, 3.05) is 12.8 Å². The third-order valence-corrected chi connectivity index (χ3v) is 1.36. The lowest BCUT2D eigenvalue weighted by Crippen LogP contribution is -1.95. The van der Waals surface area contributed by atoms with Gasteiger partial charge in [-0.25, -0.2) is 4.98 Å². The van der Waals surface area contributed by atoms with Gasteiger partial charge in [0.2, 0.25) is 0 Å². The third-order valence-electron chi connectivity index (χ3n) is 1.36. The Morgan fingerprint density at radius 1 is 1.62 bits per heavy atom. The van der Waals surface area contributed by atoms with Crippen molar-refractivity contribution in [1.82, 2.24) is 4.98 Å². The van der Waals surface area contributed by atoms with Crippen LogP contribution in [-0.2, 0) is 0 Å². The minimum atomic E-state index is 0.310. The zero-order chi connectivity index (χ0) is 9.68. The highest BCUT2D eigenvalue weighted by atomic mass is 16.5. The van der Waals surface area contributed by atoms with E-state index < -0.39 is 0 Å². The molecule has 1 aromatic heterocycles.